The first kappa shape index (κ1) is 18.4. The quantitative estimate of drug-likeness (QED) is 0.705. The number of methoxy groups -OCH3 is 3. The number of benzene rings is 2. The topological polar surface area (TPSA) is 51.8 Å². The molecule has 2 N–H and O–H groups in total. The maximum Gasteiger partial charge on any atom is 0.124 e. The van der Waals surface area contributed by atoms with E-state index < -0.39 is 0 Å². The summed E-state index contributed by atoms with van der Waals surface area (Å²) in [4.78, 5) is 0. The molecule has 3 rings (SSSR count). The lowest BCUT2D eigenvalue weighted by molar-refractivity contribution is 0.394. The van der Waals surface area contributed by atoms with Gasteiger partial charge in [-0.3, -0.25) is 0 Å². The summed E-state index contributed by atoms with van der Waals surface area (Å²) >= 11 is 0. The third-order valence-electron chi connectivity index (χ3n) is 4.88. The molecule has 2 aromatic carbocycles. The molecule has 0 radical (unpaired) electrons. The highest BCUT2D eigenvalue weighted by Gasteiger charge is 2.21. The first-order chi connectivity index (χ1) is 12.7. The zero-order valence-electron chi connectivity index (χ0n) is 15.8. The van der Waals surface area contributed by atoms with Crippen molar-refractivity contribution >= 4 is 5.69 Å². The maximum absolute atomic E-state index is 5.52. The Balaban J connectivity index is 1.57. The molecule has 0 spiro atoms. The first-order valence-electron chi connectivity index (χ1n) is 9.11. The minimum atomic E-state index is 0.385. The molecule has 26 heavy (non-hydrogen) atoms. The Kier molecular flexibility index (Phi) is 6.23. The van der Waals surface area contributed by atoms with E-state index >= 15 is 0 Å². The van der Waals surface area contributed by atoms with Gasteiger partial charge in [-0.2, -0.15) is 0 Å². The summed E-state index contributed by atoms with van der Waals surface area (Å²) in [5.41, 5.74) is 3.72. The standard InChI is InChI=1S/C21H28N2O3/c1-24-16-12-15(13-17(14-16)25-2)22-10-11-23-20-8-4-7-19-18(20)6-5-9-21(19)26-3/h5-6,9,12-14,20,22-23H,4,7-8,10-11H2,1-3H3. The summed E-state index contributed by atoms with van der Waals surface area (Å²) in [6, 6.07) is 12.6. The van der Waals surface area contributed by atoms with Crippen LogP contribution in [0.1, 0.15) is 30.0 Å². The van der Waals surface area contributed by atoms with Gasteiger partial charge in [-0.1, -0.05) is 12.1 Å². The second kappa shape index (κ2) is 8.81. The van der Waals surface area contributed by atoms with Gasteiger partial charge in [0.2, 0.25) is 0 Å². The smallest absolute Gasteiger partial charge is 0.124 e. The van der Waals surface area contributed by atoms with Crippen LogP contribution in [0.15, 0.2) is 36.4 Å². The molecule has 1 aliphatic rings. The highest BCUT2D eigenvalue weighted by Crippen LogP contribution is 2.35. The van der Waals surface area contributed by atoms with Gasteiger partial charge in [0.25, 0.3) is 0 Å². The van der Waals surface area contributed by atoms with Crippen molar-refractivity contribution in [1.29, 1.82) is 0 Å². The Morgan fingerprint density at radius 1 is 0.962 bits per heavy atom. The van der Waals surface area contributed by atoms with Gasteiger partial charge < -0.3 is 24.8 Å². The van der Waals surface area contributed by atoms with Crippen LogP contribution >= 0.6 is 0 Å². The molecule has 0 aliphatic heterocycles. The lowest BCUT2D eigenvalue weighted by Gasteiger charge is -2.28. The van der Waals surface area contributed by atoms with Gasteiger partial charge in [0, 0.05) is 43.0 Å². The van der Waals surface area contributed by atoms with Gasteiger partial charge in [0.1, 0.15) is 17.2 Å². The molecule has 140 valence electrons. The summed E-state index contributed by atoms with van der Waals surface area (Å²) in [5, 5.41) is 7.11. The molecular formula is C21H28N2O3. The molecule has 1 atom stereocenters. The largest absolute Gasteiger partial charge is 0.497 e. The highest BCUT2D eigenvalue weighted by atomic mass is 16.5. The van der Waals surface area contributed by atoms with Crippen molar-refractivity contribution in [2.24, 2.45) is 0 Å². The molecule has 0 amide bonds. The average Bonchev–Trinajstić information content (AvgIpc) is 2.70. The minimum Gasteiger partial charge on any atom is -0.497 e. The van der Waals surface area contributed by atoms with Gasteiger partial charge in [-0.15, -0.1) is 0 Å². The van der Waals surface area contributed by atoms with Gasteiger partial charge >= 0.3 is 0 Å². The third kappa shape index (κ3) is 4.22. The minimum absolute atomic E-state index is 0.385. The zero-order chi connectivity index (χ0) is 18.4. The third-order valence-corrected chi connectivity index (χ3v) is 4.88. The van der Waals surface area contributed by atoms with Gasteiger partial charge in [-0.25, -0.2) is 0 Å². The van der Waals surface area contributed by atoms with E-state index in [-0.39, 0.29) is 0 Å². The van der Waals surface area contributed by atoms with E-state index in [2.05, 4.69) is 28.8 Å². The molecule has 5 heteroatoms. The van der Waals surface area contributed by atoms with Crippen molar-refractivity contribution in [3.63, 3.8) is 0 Å². The van der Waals surface area contributed by atoms with Crippen molar-refractivity contribution in [3.8, 4) is 17.2 Å². The van der Waals surface area contributed by atoms with E-state index in [1.165, 1.54) is 17.5 Å². The van der Waals surface area contributed by atoms with Crippen molar-refractivity contribution < 1.29 is 14.2 Å². The van der Waals surface area contributed by atoms with Crippen LogP contribution in [0.25, 0.3) is 0 Å². The summed E-state index contributed by atoms with van der Waals surface area (Å²) in [7, 11) is 5.07. The number of rotatable bonds is 8. The number of fused-ring (bicyclic) bond motifs is 1. The van der Waals surface area contributed by atoms with Crippen LogP contribution in [0.4, 0.5) is 5.69 Å². The number of hydrogen-bond donors (Lipinski definition) is 2. The van der Waals surface area contributed by atoms with Gasteiger partial charge in [0.15, 0.2) is 0 Å². The van der Waals surface area contributed by atoms with E-state index in [0.717, 1.165) is 48.9 Å². The molecule has 0 saturated heterocycles. The van der Waals surface area contributed by atoms with E-state index in [1.807, 2.05) is 18.2 Å². The van der Waals surface area contributed by atoms with Crippen LogP contribution in [0.2, 0.25) is 0 Å². The lowest BCUT2D eigenvalue weighted by atomic mass is 9.87. The summed E-state index contributed by atoms with van der Waals surface area (Å²) < 4.78 is 16.1. The van der Waals surface area contributed by atoms with Crippen molar-refractivity contribution in [3.05, 3.63) is 47.5 Å². The Morgan fingerprint density at radius 2 is 1.73 bits per heavy atom. The molecule has 2 aromatic rings. The molecule has 0 heterocycles. The van der Waals surface area contributed by atoms with Crippen LogP contribution in [-0.2, 0) is 6.42 Å². The summed E-state index contributed by atoms with van der Waals surface area (Å²) in [6.07, 6.45) is 3.44. The fourth-order valence-corrected chi connectivity index (χ4v) is 3.58. The summed E-state index contributed by atoms with van der Waals surface area (Å²) in [5.74, 6) is 2.58. The first-order valence-corrected chi connectivity index (χ1v) is 9.11. The number of nitrogens with one attached hydrogen (secondary N) is 2. The van der Waals surface area contributed by atoms with E-state index in [9.17, 15) is 0 Å². The Hall–Kier alpha value is -2.40. The van der Waals surface area contributed by atoms with Crippen LogP contribution in [0.3, 0.4) is 0 Å². The second-order valence-corrected chi connectivity index (χ2v) is 6.46. The molecule has 1 aliphatic carbocycles. The average molecular weight is 356 g/mol. The van der Waals surface area contributed by atoms with Gasteiger partial charge in [0.05, 0.1) is 21.3 Å². The fourth-order valence-electron chi connectivity index (χ4n) is 3.58. The molecule has 0 bridgehead atoms. The van der Waals surface area contributed by atoms with Crippen LogP contribution in [0, 0.1) is 0 Å². The Morgan fingerprint density at radius 3 is 2.42 bits per heavy atom. The lowest BCUT2D eigenvalue weighted by Crippen LogP contribution is -2.29. The van der Waals surface area contributed by atoms with Crippen molar-refractivity contribution in [2.45, 2.75) is 25.3 Å². The number of anilines is 1. The highest BCUT2D eigenvalue weighted by molar-refractivity contribution is 5.53. The van der Waals surface area contributed by atoms with Gasteiger partial charge in [-0.05, 0) is 36.5 Å². The molecule has 1 unspecified atom stereocenters. The second-order valence-electron chi connectivity index (χ2n) is 6.46. The Labute approximate surface area is 155 Å². The monoisotopic (exact) mass is 356 g/mol. The normalized spacial score (nSPS) is 15.9. The van der Waals surface area contributed by atoms with Crippen molar-refractivity contribution in [1.82, 2.24) is 5.32 Å². The number of ether oxygens (including phenoxy) is 3. The number of hydrogen-bond acceptors (Lipinski definition) is 5. The maximum atomic E-state index is 5.52. The zero-order valence-corrected chi connectivity index (χ0v) is 15.8. The molecule has 5 nitrogen and oxygen atoms in total. The molecule has 0 aromatic heterocycles. The summed E-state index contributed by atoms with van der Waals surface area (Å²) in [6.45, 7) is 1.70. The van der Waals surface area contributed by atoms with Crippen LogP contribution in [0.5, 0.6) is 17.2 Å². The predicted octanol–water partition coefficient (Wildman–Crippen LogP) is 3.79. The molecular weight excluding hydrogens is 328 g/mol. The molecule has 0 fully saturated rings. The van der Waals surface area contributed by atoms with Crippen LogP contribution in [-0.4, -0.2) is 34.4 Å². The fraction of sp³-hybridized carbons (Fsp3) is 0.429. The Bertz CT molecular complexity index is 711. The van der Waals surface area contributed by atoms with Crippen LogP contribution < -0.4 is 24.8 Å². The predicted molar refractivity (Wildman–Crippen MR) is 105 cm³/mol. The van der Waals surface area contributed by atoms with E-state index in [0.29, 0.717) is 6.04 Å². The SMILES string of the molecule is COc1cc(NCCNC2CCCc3c(OC)cccc32)cc(OC)c1. The molecule has 0 saturated carbocycles. The van der Waals surface area contributed by atoms with E-state index in [4.69, 9.17) is 14.2 Å². The van der Waals surface area contributed by atoms with E-state index in [1.54, 1.807) is 21.3 Å². The van der Waals surface area contributed by atoms with Crippen molar-refractivity contribution in [2.75, 3.05) is 39.7 Å².